The van der Waals surface area contributed by atoms with Crippen molar-refractivity contribution in [2.75, 3.05) is 40.3 Å². The highest BCUT2D eigenvalue weighted by molar-refractivity contribution is 5.80. The van der Waals surface area contributed by atoms with Gasteiger partial charge in [-0.25, -0.2) is 4.79 Å². The smallest absolute Gasteiger partial charge is 0.319 e. The number of aliphatic hydroxyl groups excluding tert-OH is 1. The van der Waals surface area contributed by atoms with E-state index in [0.717, 1.165) is 32.2 Å². The Kier molecular flexibility index (Phi) is 4.86. The van der Waals surface area contributed by atoms with Crippen LogP contribution in [0.15, 0.2) is 0 Å². The second-order valence-corrected chi connectivity index (χ2v) is 5.95. The summed E-state index contributed by atoms with van der Waals surface area (Å²) in [5.74, 6) is 0.173. The predicted molar refractivity (Wildman–Crippen MR) is 75.2 cm³/mol. The molecule has 2 aliphatic rings. The van der Waals surface area contributed by atoms with Gasteiger partial charge in [-0.15, -0.1) is 0 Å². The Balaban J connectivity index is 1.87. The van der Waals surface area contributed by atoms with Crippen LogP contribution in [-0.2, 0) is 4.79 Å². The minimum Gasteiger partial charge on any atom is -0.394 e. The summed E-state index contributed by atoms with van der Waals surface area (Å²) in [4.78, 5) is 29.6. The molecular weight excluding hydrogens is 258 g/mol. The standard InChI is InChI=1S/C14H25N3O3/c1-15(2)14(20)16-8-5-11(6-9-16)13(19)17-7-3-4-12(17)10-18/h11-12,18H,3-10H2,1-2H3. The molecule has 1 unspecified atom stereocenters. The molecule has 0 saturated carbocycles. The number of nitrogens with zero attached hydrogens (tertiary/aromatic N) is 3. The van der Waals surface area contributed by atoms with E-state index >= 15 is 0 Å². The van der Waals surface area contributed by atoms with Gasteiger partial charge >= 0.3 is 6.03 Å². The quantitative estimate of drug-likeness (QED) is 0.796. The van der Waals surface area contributed by atoms with Crippen LogP contribution in [0, 0.1) is 5.92 Å². The lowest BCUT2D eigenvalue weighted by Gasteiger charge is -2.35. The highest BCUT2D eigenvalue weighted by atomic mass is 16.3. The van der Waals surface area contributed by atoms with Crippen molar-refractivity contribution < 1.29 is 14.7 Å². The fraction of sp³-hybridized carbons (Fsp3) is 0.857. The van der Waals surface area contributed by atoms with E-state index in [1.807, 2.05) is 4.90 Å². The van der Waals surface area contributed by atoms with Gasteiger partial charge in [0.1, 0.15) is 0 Å². The Bertz CT molecular complexity index is 365. The topological polar surface area (TPSA) is 64.1 Å². The molecule has 0 bridgehead atoms. The fourth-order valence-electron chi connectivity index (χ4n) is 3.15. The molecule has 1 atom stereocenters. The van der Waals surface area contributed by atoms with Crippen LogP contribution in [0.25, 0.3) is 0 Å². The number of urea groups is 1. The summed E-state index contributed by atoms with van der Waals surface area (Å²) in [6, 6.07) is 0.0224. The molecule has 20 heavy (non-hydrogen) atoms. The molecular formula is C14H25N3O3. The second kappa shape index (κ2) is 6.43. The van der Waals surface area contributed by atoms with Gasteiger partial charge in [-0.05, 0) is 25.7 Å². The average molecular weight is 283 g/mol. The number of hydrogen-bond donors (Lipinski definition) is 1. The zero-order valence-corrected chi connectivity index (χ0v) is 12.4. The van der Waals surface area contributed by atoms with Crippen LogP contribution in [0.4, 0.5) is 4.79 Å². The zero-order valence-electron chi connectivity index (χ0n) is 12.4. The SMILES string of the molecule is CN(C)C(=O)N1CCC(C(=O)N2CCCC2CO)CC1. The van der Waals surface area contributed by atoms with Crippen LogP contribution in [0.2, 0.25) is 0 Å². The molecule has 0 aliphatic carbocycles. The Morgan fingerprint density at radius 2 is 1.80 bits per heavy atom. The van der Waals surface area contributed by atoms with E-state index in [9.17, 15) is 14.7 Å². The summed E-state index contributed by atoms with van der Waals surface area (Å²) < 4.78 is 0. The van der Waals surface area contributed by atoms with Gasteiger partial charge < -0.3 is 19.8 Å². The lowest BCUT2D eigenvalue weighted by molar-refractivity contribution is -0.138. The van der Waals surface area contributed by atoms with Crippen molar-refractivity contribution in [2.24, 2.45) is 5.92 Å². The van der Waals surface area contributed by atoms with E-state index < -0.39 is 0 Å². The third-order valence-corrected chi connectivity index (χ3v) is 4.37. The molecule has 2 rings (SSSR count). The van der Waals surface area contributed by atoms with Crippen LogP contribution in [0.3, 0.4) is 0 Å². The Morgan fingerprint density at radius 1 is 1.15 bits per heavy atom. The van der Waals surface area contributed by atoms with Crippen LogP contribution in [0.5, 0.6) is 0 Å². The van der Waals surface area contributed by atoms with Gasteiger partial charge in [-0.1, -0.05) is 0 Å². The summed E-state index contributed by atoms with van der Waals surface area (Å²) in [5.41, 5.74) is 0. The minimum atomic E-state index is 0.00365. The molecule has 0 aromatic heterocycles. The van der Waals surface area contributed by atoms with E-state index in [2.05, 4.69) is 0 Å². The molecule has 3 amide bonds. The van der Waals surface area contributed by atoms with E-state index in [1.165, 1.54) is 0 Å². The summed E-state index contributed by atoms with van der Waals surface area (Å²) in [7, 11) is 3.49. The first-order chi connectivity index (χ1) is 9.54. The largest absolute Gasteiger partial charge is 0.394 e. The molecule has 2 heterocycles. The molecule has 114 valence electrons. The first-order valence-corrected chi connectivity index (χ1v) is 7.42. The van der Waals surface area contributed by atoms with Crippen molar-refractivity contribution in [3.05, 3.63) is 0 Å². The number of amides is 3. The van der Waals surface area contributed by atoms with Gasteiger partial charge in [-0.3, -0.25) is 4.79 Å². The van der Waals surface area contributed by atoms with Crippen molar-refractivity contribution in [3.8, 4) is 0 Å². The average Bonchev–Trinajstić information content (AvgIpc) is 2.94. The Hall–Kier alpha value is -1.30. The Labute approximate surface area is 120 Å². The lowest BCUT2D eigenvalue weighted by Crippen LogP contribution is -2.48. The summed E-state index contributed by atoms with van der Waals surface area (Å²) in [6.07, 6.45) is 3.34. The molecule has 0 radical (unpaired) electrons. The highest BCUT2D eigenvalue weighted by Gasteiger charge is 2.35. The predicted octanol–water partition coefficient (Wildman–Crippen LogP) is 0.363. The second-order valence-electron chi connectivity index (χ2n) is 5.95. The van der Waals surface area contributed by atoms with Gasteiger partial charge in [0.25, 0.3) is 0 Å². The molecule has 0 aromatic carbocycles. The van der Waals surface area contributed by atoms with Crippen LogP contribution in [0.1, 0.15) is 25.7 Å². The number of likely N-dealkylation sites (tertiary alicyclic amines) is 2. The van der Waals surface area contributed by atoms with E-state index in [0.29, 0.717) is 13.1 Å². The van der Waals surface area contributed by atoms with Crippen LogP contribution in [-0.4, -0.2) is 78.1 Å². The molecule has 2 aliphatic heterocycles. The van der Waals surface area contributed by atoms with E-state index in [-0.39, 0.29) is 30.5 Å². The van der Waals surface area contributed by atoms with Gasteiger partial charge in [0.2, 0.25) is 5.91 Å². The molecule has 2 fully saturated rings. The van der Waals surface area contributed by atoms with Crippen molar-refractivity contribution >= 4 is 11.9 Å². The van der Waals surface area contributed by atoms with E-state index in [4.69, 9.17) is 0 Å². The molecule has 1 N–H and O–H groups in total. The minimum absolute atomic E-state index is 0.00365. The lowest BCUT2D eigenvalue weighted by atomic mass is 9.95. The maximum absolute atomic E-state index is 12.5. The molecule has 0 spiro atoms. The monoisotopic (exact) mass is 283 g/mol. The number of piperidine rings is 1. The number of rotatable bonds is 2. The third-order valence-electron chi connectivity index (χ3n) is 4.37. The number of aliphatic hydroxyl groups is 1. The van der Waals surface area contributed by atoms with Gasteiger partial charge in [0.05, 0.1) is 12.6 Å². The summed E-state index contributed by atoms with van der Waals surface area (Å²) >= 11 is 0. The molecule has 6 heteroatoms. The zero-order chi connectivity index (χ0) is 14.7. The summed E-state index contributed by atoms with van der Waals surface area (Å²) in [6.45, 7) is 2.11. The van der Waals surface area contributed by atoms with Crippen molar-refractivity contribution in [1.29, 1.82) is 0 Å². The van der Waals surface area contributed by atoms with Crippen molar-refractivity contribution in [1.82, 2.24) is 14.7 Å². The van der Waals surface area contributed by atoms with Crippen molar-refractivity contribution in [2.45, 2.75) is 31.7 Å². The number of carbonyl (C=O) groups excluding carboxylic acids is 2. The highest BCUT2D eigenvalue weighted by Crippen LogP contribution is 2.25. The molecule has 2 saturated heterocycles. The first-order valence-electron chi connectivity index (χ1n) is 7.42. The third kappa shape index (κ3) is 3.06. The van der Waals surface area contributed by atoms with Gasteiger partial charge in [-0.2, -0.15) is 0 Å². The van der Waals surface area contributed by atoms with Gasteiger partial charge in [0, 0.05) is 39.6 Å². The first kappa shape index (κ1) is 15.1. The summed E-state index contributed by atoms with van der Waals surface area (Å²) in [5, 5.41) is 9.31. The number of hydrogen-bond acceptors (Lipinski definition) is 3. The molecule has 0 aromatic rings. The van der Waals surface area contributed by atoms with Gasteiger partial charge in [0.15, 0.2) is 0 Å². The fourth-order valence-corrected chi connectivity index (χ4v) is 3.15. The van der Waals surface area contributed by atoms with E-state index in [1.54, 1.807) is 23.9 Å². The van der Waals surface area contributed by atoms with Crippen LogP contribution >= 0.6 is 0 Å². The maximum Gasteiger partial charge on any atom is 0.319 e. The normalized spacial score (nSPS) is 24.1. The van der Waals surface area contributed by atoms with Crippen molar-refractivity contribution in [3.63, 3.8) is 0 Å². The maximum atomic E-state index is 12.5. The number of carbonyl (C=O) groups is 2. The Morgan fingerprint density at radius 3 is 2.35 bits per heavy atom. The van der Waals surface area contributed by atoms with Crippen LogP contribution < -0.4 is 0 Å². The molecule has 6 nitrogen and oxygen atoms in total.